The summed E-state index contributed by atoms with van der Waals surface area (Å²) in [5.74, 6) is -2.87. The van der Waals surface area contributed by atoms with Crippen molar-refractivity contribution in [1.82, 2.24) is 4.98 Å². The quantitative estimate of drug-likeness (QED) is 0.838. The second-order valence-corrected chi connectivity index (χ2v) is 3.34. The van der Waals surface area contributed by atoms with Crippen molar-refractivity contribution in [2.24, 2.45) is 0 Å². The van der Waals surface area contributed by atoms with Crippen LogP contribution in [0.4, 0.5) is 17.6 Å². The van der Waals surface area contributed by atoms with E-state index in [0.717, 1.165) is 13.3 Å². The van der Waals surface area contributed by atoms with E-state index in [0.29, 0.717) is 0 Å². The lowest BCUT2D eigenvalue weighted by Crippen LogP contribution is -2.20. The van der Waals surface area contributed by atoms with Gasteiger partial charge in [-0.1, -0.05) is 0 Å². The minimum Gasteiger partial charge on any atom is -0.492 e. The Morgan fingerprint density at radius 3 is 2.47 bits per heavy atom. The number of methoxy groups -OCH3 is 1. The molecule has 0 saturated heterocycles. The average Bonchev–Trinajstić information content (AvgIpc) is 2.28. The Labute approximate surface area is 104 Å². The third-order valence-corrected chi connectivity index (χ3v) is 2.02. The van der Waals surface area contributed by atoms with Crippen molar-refractivity contribution in [2.75, 3.05) is 7.11 Å². The summed E-state index contributed by atoms with van der Waals surface area (Å²) in [5, 5.41) is 8.59. The Balaban J connectivity index is 3.35. The number of halogens is 4. The average molecular weight is 283 g/mol. The molecule has 0 aliphatic rings. The van der Waals surface area contributed by atoms with E-state index in [2.05, 4.69) is 14.5 Å². The van der Waals surface area contributed by atoms with Gasteiger partial charge < -0.3 is 14.6 Å². The van der Waals surface area contributed by atoms with E-state index in [1.165, 1.54) is 0 Å². The third kappa shape index (κ3) is 3.97. The number of aromatic nitrogens is 1. The van der Waals surface area contributed by atoms with Crippen LogP contribution in [0.1, 0.15) is 11.3 Å². The number of nitrogens with zero attached hydrogens (tertiary/aromatic N) is 1. The van der Waals surface area contributed by atoms with Crippen molar-refractivity contribution in [3.05, 3.63) is 17.5 Å². The van der Waals surface area contributed by atoms with Crippen LogP contribution in [0.3, 0.4) is 0 Å². The lowest BCUT2D eigenvalue weighted by Gasteiger charge is -2.16. The van der Waals surface area contributed by atoms with Crippen molar-refractivity contribution < 1.29 is 36.9 Å². The smallest absolute Gasteiger partial charge is 0.492 e. The van der Waals surface area contributed by atoms with Crippen LogP contribution in [0.2, 0.25) is 0 Å². The largest absolute Gasteiger partial charge is 0.573 e. The van der Waals surface area contributed by atoms with Crippen LogP contribution in [0.15, 0.2) is 6.20 Å². The molecule has 1 aromatic rings. The maximum atomic E-state index is 12.6. The van der Waals surface area contributed by atoms with Gasteiger partial charge in [0, 0.05) is 11.8 Å². The maximum absolute atomic E-state index is 12.6. The van der Waals surface area contributed by atoms with Crippen molar-refractivity contribution in [2.45, 2.75) is 19.5 Å². The molecule has 19 heavy (non-hydrogen) atoms. The lowest BCUT2D eigenvalue weighted by molar-refractivity contribution is -0.275. The van der Waals surface area contributed by atoms with E-state index in [-0.39, 0.29) is 5.56 Å². The van der Waals surface area contributed by atoms with Crippen LogP contribution in [0.5, 0.6) is 11.5 Å². The summed E-state index contributed by atoms with van der Waals surface area (Å²) in [6.45, 7) is -1.13. The molecule has 1 rings (SSSR count). The Kier molecular flexibility index (Phi) is 4.52. The number of alkyl halides is 4. The van der Waals surface area contributed by atoms with Crippen LogP contribution in [0.25, 0.3) is 0 Å². The summed E-state index contributed by atoms with van der Waals surface area (Å²) in [6, 6.07) is 0. The van der Waals surface area contributed by atoms with E-state index >= 15 is 0 Å². The second kappa shape index (κ2) is 5.72. The van der Waals surface area contributed by atoms with E-state index in [9.17, 15) is 22.4 Å². The minimum absolute atomic E-state index is 0.268. The molecule has 0 spiro atoms. The molecule has 0 aliphatic heterocycles. The molecule has 1 heterocycles. The Morgan fingerprint density at radius 1 is 1.42 bits per heavy atom. The molecule has 1 aromatic heterocycles. The highest BCUT2D eigenvalue weighted by Gasteiger charge is 2.35. The SMILES string of the molecule is COc1c(CF)cnc(CC(=O)O)c1OC(F)(F)F. The standard InChI is InChI=1S/C10H9F4NO4/c1-18-8-5(3-11)4-15-6(2-7(16)17)9(8)19-10(12,13)14/h4H,2-3H2,1H3,(H,16,17). The van der Waals surface area contributed by atoms with Gasteiger partial charge in [0.2, 0.25) is 0 Å². The van der Waals surface area contributed by atoms with Gasteiger partial charge in [0.25, 0.3) is 0 Å². The van der Waals surface area contributed by atoms with Gasteiger partial charge in [-0.05, 0) is 0 Å². The van der Waals surface area contributed by atoms with Gasteiger partial charge in [0.1, 0.15) is 6.67 Å². The van der Waals surface area contributed by atoms with Gasteiger partial charge in [-0.15, -0.1) is 13.2 Å². The molecule has 0 unspecified atom stereocenters. The minimum atomic E-state index is -5.07. The molecule has 5 nitrogen and oxygen atoms in total. The molecule has 1 N–H and O–H groups in total. The highest BCUT2D eigenvalue weighted by molar-refractivity contribution is 5.71. The Morgan fingerprint density at radius 2 is 2.05 bits per heavy atom. The van der Waals surface area contributed by atoms with Crippen LogP contribution >= 0.6 is 0 Å². The molecular weight excluding hydrogens is 274 g/mol. The summed E-state index contributed by atoms with van der Waals surface area (Å²) in [6.07, 6.45) is -4.98. The number of pyridine rings is 1. The number of ether oxygens (including phenoxy) is 2. The maximum Gasteiger partial charge on any atom is 0.573 e. The number of hydrogen-bond donors (Lipinski definition) is 1. The zero-order valence-corrected chi connectivity index (χ0v) is 9.62. The van der Waals surface area contributed by atoms with Gasteiger partial charge >= 0.3 is 12.3 Å². The van der Waals surface area contributed by atoms with E-state index in [4.69, 9.17) is 5.11 Å². The molecular formula is C10H9F4NO4. The number of carboxylic acid groups (broad SMARTS) is 1. The van der Waals surface area contributed by atoms with Crippen LogP contribution < -0.4 is 9.47 Å². The lowest BCUT2D eigenvalue weighted by atomic mass is 10.2. The molecule has 0 radical (unpaired) electrons. The van der Waals surface area contributed by atoms with E-state index in [1.54, 1.807) is 0 Å². The van der Waals surface area contributed by atoms with Crippen LogP contribution in [0, 0.1) is 0 Å². The number of rotatable bonds is 5. The molecule has 106 valence electrons. The van der Waals surface area contributed by atoms with Gasteiger partial charge in [-0.2, -0.15) is 0 Å². The van der Waals surface area contributed by atoms with Crippen molar-refractivity contribution >= 4 is 5.97 Å². The first-order valence-corrected chi connectivity index (χ1v) is 4.86. The molecule has 0 bridgehead atoms. The van der Waals surface area contributed by atoms with Gasteiger partial charge in [0.05, 0.1) is 19.2 Å². The monoisotopic (exact) mass is 283 g/mol. The normalized spacial score (nSPS) is 11.2. The molecule has 0 aromatic carbocycles. The topological polar surface area (TPSA) is 68.7 Å². The first kappa shape index (κ1) is 15.0. The van der Waals surface area contributed by atoms with Crippen molar-refractivity contribution in [3.8, 4) is 11.5 Å². The number of hydrogen-bond acceptors (Lipinski definition) is 4. The Hall–Kier alpha value is -2.06. The van der Waals surface area contributed by atoms with Gasteiger partial charge in [-0.25, -0.2) is 4.39 Å². The highest BCUT2D eigenvalue weighted by atomic mass is 19.4. The number of carbonyl (C=O) groups is 1. The van der Waals surface area contributed by atoms with E-state index in [1.807, 2.05) is 0 Å². The molecule has 0 fully saturated rings. The van der Waals surface area contributed by atoms with E-state index < -0.39 is 42.6 Å². The number of aliphatic carboxylic acids is 1. The summed E-state index contributed by atoms with van der Waals surface area (Å²) in [4.78, 5) is 14.0. The van der Waals surface area contributed by atoms with Crippen molar-refractivity contribution in [3.63, 3.8) is 0 Å². The summed E-state index contributed by atoms with van der Waals surface area (Å²) >= 11 is 0. The third-order valence-electron chi connectivity index (χ3n) is 2.02. The highest BCUT2D eigenvalue weighted by Crippen LogP contribution is 2.37. The molecule has 0 amide bonds. The summed E-state index contributed by atoms with van der Waals surface area (Å²) < 4.78 is 57.7. The first-order chi connectivity index (χ1) is 8.78. The second-order valence-electron chi connectivity index (χ2n) is 3.34. The van der Waals surface area contributed by atoms with Crippen LogP contribution in [-0.4, -0.2) is 29.5 Å². The zero-order chi connectivity index (χ0) is 14.6. The summed E-state index contributed by atoms with van der Waals surface area (Å²) in [7, 11) is 1.02. The molecule has 0 aliphatic carbocycles. The fourth-order valence-corrected chi connectivity index (χ4v) is 1.36. The zero-order valence-electron chi connectivity index (χ0n) is 9.62. The predicted molar refractivity (Wildman–Crippen MR) is 53.6 cm³/mol. The number of carboxylic acids is 1. The first-order valence-electron chi connectivity index (χ1n) is 4.86. The van der Waals surface area contributed by atoms with Crippen LogP contribution in [-0.2, 0) is 17.9 Å². The molecule has 0 saturated carbocycles. The van der Waals surface area contributed by atoms with Gasteiger partial charge in [0.15, 0.2) is 11.5 Å². The fraction of sp³-hybridized carbons (Fsp3) is 0.400. The predicted octanol–water partition coefficient (Wildman–Crippen LogP) is 2.09. The van der Waals surface area contributed by atoms with Crippen molar-refractivity contribution in [1.29, 1.82) is 0 Å². The fourth-order valence-electron chi connectivity index (χ4n) is 1.36. The summed E-state index contributed by atoms with van der Waals surface area (Å²) in [5.41, 5.74) is -0.769. The Bertz CT molecular complexity index is 475. The molecule has 0 atom stereocenters. The molecule has 9 heteroatoms. The van der Waals surface area contributed by atoms with Gasteiger partial charge in [-0.3, -0.25) is 9.78 Å².